The van der Waals surface area contributed by atoms with Gasteiger partial charge in [0, 0.05) is 42.3 Å². The van der Waals surface area contributed by atoms with Crippen molar-refractivity contribution in [2.75, 3.05) is 31.1 Å². The molecule has 3 rings (SSSR count). The largest absolute Gasteiger partial charge is 0.508 e. The number of benzene rings is 1. The molecule has 1 fully saturated rings. The lowest BCUT2D eigenvalue weighted by molar-refractivity contribution is -0.134. The van der Waals surface area contributed by atoms with Crippen LogP contribution >= 0.6 is 11.8 Å². The van der Waals surface area contributed by atoms with E-state index in [1.807, 2.05) is 30.8 Å². The third-order valence-corrected chi connectivity index (χ3v) is 5.02. The molecule has 1 N–H and O–H groups in total. The van der Waals surface area contributed by atoms with Gasteiger partial charge in [-0.05, 0) is 13.0 Å². The Kier molecular flexibility index (Phi) is 4.69. The number of rotatable bonds is 3. The first-order chi connectivity index (χ1) is 10.6. The van der Waals surface area contributed by atoms with Crippen LogP contribution in [0.1, 0.15) is 24.9 Å². The SMILES string of the molecule is CC1=NN(C(=O)CN2CCSCC2)C(c2ccccc2O)C1. The van der Waals surface area contributed by atoms with E-state index in [2.05, 4.69) is 10.0 Å². The van der Waals surface area contributed by atoms with Crippen LogP contribution < -0.4 is 0 Å². The third kappa shape index (κ3) is 3.28. The Balaban J connectivity index is 1.75. The maximum Gasteiger partial charge on any atom is 0.257 e. The van der Waals surface area contributed by atoms with Crippen LogP contribution in [0.3, 0.4) is 0 Å². The zero-order valence-corrected chi connectivity index (χ0v) is 13.6. The van der Waals surface area contributed by atoms with Crippen molar-refractivity contribution in [3.8, 4) is 5.75 Å². The number of para-hydroxylation sites is 1. The fraction of sp³-hybridized carbons (Fsp3) is 0.500. The standard InChI is InChI=1S/C16H21N3O2S/c1-12-10-14(13-4-2-3-5-15(13)20)19(17-12)16(21)11-18-6-8-22-9-7-18/h2-5,14,20H,6-11H2,1H3. The van der Waals surface area contributed by atoms with Crippen molar-refractivity contribution in [3.05, 3.63) is 29.8 Å². The van der Waals surface area contributed by atoms with Gasteiger partial charge in [-0.1, -0.05) is 18.2 Å². The number of thioether (sulfide) groups is 1. The molecule has 6 heteroatoms. The molecule has 1 aromatic carbocycles. The molecule has 0 radical (unpaired) electrons. The summed E-state index contributed by atoms with van der Waals surface area (Å²) in [5.41, 5.74) is 1.70. The first-order valence-corrected chi connectivity index (χ1v) is 8.75. The van der Waals surface area contributed by atoms with Crippen molar-refractivity contribution in [1.29, 1.82) is 0 Å². The topological polar surface area (TPSA) is 56.1 Å². The summed E-state index contributed by atoms with van der Waals surface area (Å²) in [6.45, 7) is 4.24. The van der Waals surface area contributed by atoms with Crippen LogP contribution in [0.2, 0.25) is 0 Å². The average molecular weight is 319 g/mol. The van der Waals surface area contributed by atoms with Gasteiger partial charge in [0.25, 0.3) is 5.91 Å². The number of phenolic OH excluding ortho intramolecular Hbond substituents is 1. The second-order valence-electron chi connectivity index (χ2n) is 5.74. The molecule has 1 atom stereocenters. The number of nitrogens with zero attached hydrogens (tertiary/aromatic N) is 3. The van der Waals surface area contributed by atoms with Gasteiger partial charge in [-0.15, -0.1) is 0 Å². The Morgan fingerprint density at radius 2 is 2.09 bits per heavy atom. The highest BCUT2D eigenvalue weighted by atomic mass is 32.2. The molecule has 0 saturated carbocycles. The Hall–Kier alpha value is -1.53. The highest BCUT2D eigenvalue weighted by Crippen LogP contribution is 2.35. The van der Waals surface area contributed by atoms with E-state index in [4.69, 9.17) is 0 Å². The Morgan fingerprint density at radius 3 is 2.82 bits per heavy atom. The highest BCUT2D eigenvalue weighted by Gasteiger charge is 2.33. The summed E-state index contributed by atoms with van der Waals surface area (Å²) in [6, 6.07) is 7.01. The molecule has 1 unspecified atom stereocenters. The molecule has 2 aliphatic heterocycles. The molecular weight excluding hydrogens is 298 g/mol. The van der Waals surface area contributed by atoms with E-state index >= 15 is 0 Å². The Bertz CT molecular complexity index is 585. The molecule has 2 heterocycles. The van der Waals surface area contributed by atoms with Crippen molar-refractivity contribution in [2.24, 2.45) is 5.10 Å². The number of carbonyl (C=O) groups is 1. The van der Waals surface area contributed by atoms with E-state index in [-0.39, 0.29) is 17.7 Å². The molecule has 1 amide bonds. The summed E-state index contributed by atoms with van der Waals surface area (Å²) in [5, 5.41) is 16.0. The molecule has 0 aliphatic carbocycles. The summed E-state index contributed by atoms with van der Waals surface area (Å²) in [6.07, 6.45) is 0.680. The van der Waals surface area contributed by atoms with Crippen LogP contribution in [0.4, 0.5) is 0 Å². The van der Waals surface area contributed by atoms with Crippen molar-refractivity contribution in [3.63, 3.8) is 0 Å². The zero-order chi connectivity index (χ0) is 15.5. The smallest absolute Gasteiger partial charge is 0.257 e. The lowest BCUT2D eigenvalue weighted by atomic mass is 10.0. The lowest BCUT2D eigenvalue weighted by Crippen LogP contribution is -2.41. The fourth-order valence-electron chi connectivity index (χ4n) is 2.92. The molecule has 1 aromatic rings. The first kappa shape index (κ1) is 15.4. The number of hydrogen-bond donors (Lipinski definition) is 1. The minimum atomic E-state index is -0.187. The van der Waals surface area contributed by atoms with Gasteiger partial charge in [0.05, 0.1) is 12.6 Å². The number of amides is 1. The van der Waals surface area contributed by atoms with Gasteiger partial charge >= 0.3 is 0 Å². The zero-order valence-electron chi connectivity index (χ0n) is 12.7. The summed E-state index contributed by atoms with van der Waals surface area (Å²) in [5.74, 6) is 2.40. The summed E-state index contributed by atoms with van der Waals surface area (Å²) >= 11 is 1.93. The number of carbonyl (C=O) groups excluding carboxylic acids is 1. The molecule has 2 aliphatic rings. The minimum absolute atomic E-state index is 0.0111. The third-order valence-electron chi connectivity index (χ3n) is 4.08. The minimum Gasteiger partial charge on any atom is -0.508 e. The maximum atomic E-state index is 12.6. The van der Waals surface area contributed by atoms with E-state index in [1.165, 1.54) is 0 Å². The second kappa shape index (κ2) is 6.71. The van der Waals surface area contributed by atoms with Gasteiger partial charge in [0.15, 0.2) is 0 Å². The first-order valence-electron chi connectivity index (χ1n) is 7.59. The van der Waals surface area contributed by atoms with Gasteiger partial charge < -0.3 is 5.11 Å². The fourth-order valence-corrected chi connectivity index (χ4v) is 3.90. The average Bonchev–Trinajstić information content (AvgIpc) is 2.90. The number of hydrogen-bond acceptors (Lipinski definition) is 5. The molecule has 118 valence electrons. The van der Waals surface area contributed by atoms with E-state index in [9.17, 15) is 9.90 Å². The van der Waals surface area contributed by atoms with E-state index < -0.39 is 0 Å². The molecule has 0 spiro atoms. The normalized spacial score (nSPS) is 22.7. The summed E-state index contributed by atoms with van der Waals surface area (Å²) in [4.78, 5) is 14.8. The van der Waals surface area contributed by atoms with Gasteiger partial charge in [-0.2, -0.15) is 16.9 Å². The lowest BCUT2D eigenvalue weighted by Gasteiger charge is -2.29. The molecule has 5 nitrogen and oxygen atoms in total. The predicted octanol–water partition coefficient (Wildman–Crippen LogP) is 2.09. The van der Waals surface area contributed by atoms with Crippen molar-refractivity contribution in [2.45, 2.75) is 19.4 Å². The maximum absolute atomic E-state index is 12.6. The van der Waals surface area contributed by atoms with Gasteiger partial charge in [-0.25, -0.2) is 5.01 Å². The molecular formula is C16H21N3O2S. The van der Waals surface area contributed by atoms with Crippen LogP contribution in [0, 0.1) is 0 Å². The van der Waals surface area contributed by atoms with Crippen molar-refractivity contribution < 1.29 is 9.90 Å². The predicted molar refractivity (Wildman–Crippen MR) is 89.2 cm³/mol. The van der Waals surface area contributed by atoms with Gasteiger partial charge in [0.2, 0.25) is 0 Å². The molecule has 22 heavy (non-hydrogen) atoms. The molecule has 1 saturated heterocycles. The van der Waals surface area contributed by atoms with E-state index in [0.29, 0.717) is 13.0 Å². The van der Waals surface area contributed by atoms with Crippen LogP contribution in [0.5, 0.6) is 5.75 Å². The Morgan fingerprint density at radius 1 is 1.36 bits per heavy atom. The highest BCUT2D eigenvalue weighted by molar-refractivity contribution is 7.99. The molecule has 0 bridgehead atoms. The van der Waals surface area contributed by atoms with Crippen LogP contribution in [-0.2, 0) is 4.79 Å². The summed E-state index contributed by atoms with van der Waals surface area (Å²) < 4.78 is 0. The van der Waals surface area contributed by atoms with Crippen LogP contribution in [-0.4, -0.2) is 57.8 Å². The van der Waals surface area contributed by atoms with E-state index in [1.54, 1.807) is 17.1 Å². The van der Waals surface area contributed by atoms with Crippen molar-refractivity contribution >= 4 is 23.4 Å². The number of hydrazone groups is 1. The summed E-state index contributed by atoms with van der Waals surface area (Å²) in [7, 11) is 0. The number of aromatic hydroxyl groups is 1. The quantitative estimate of drug-likeness (QED) is 0.927. The van der Waals surface area contributed by atoms with E-state index in [0.717, 1.165) is 35.9 Å². The van der Waals surface area contributed by atoms with Crippen molar-refractivity contribution in [1.82, 2.24) is 9.91 Å². The molecule has 0 aromatic heterocycles. The van der Waals surface area contributed by atoms with Gasteiger partial charge in [0.1, 0.15) is 5.75 Å². The number of phenols is 1. The van der Waals surface area contributed by atoms with Gasteiger partial charge in [-0.3, -0.25) is 9.69 Å². The Labute approximate surface area is 135 Å². The van der Waals surface area contributed by atoms with Crippen LogP contribution in [0.15, 0.2) is 29.4 Å². The van der Waals surface area contributed by atoms with Crippen LogP contribution in [0.25, 0.3) is 0 Å². The second-order valence-corrected chi connectivity index (χ2v) is 6.97. The monoisotopic (exact) mass is 319 g/mol.